The number of hydrogen-bond acceptors (Lipinski definition) is 3. The molecule has 0 bridgehead atoms. The van der Waals surface area contributed by atoms with Gasteiger partial charge in [0.05, 0.1) is 0 Å². The minimum absolute atomic E-state index is 0.0740. The van der Waals surface area contributed by atoms with Gasteiger partial charge in [0.15, 0.2) is 5.60 Å². The molecule has 0 saturated carbocycles. The van der Waals surface area contributed by atoms with E-state index in [0.717, 1.165) is 23.1 Å². The van der Waals surface area contributed by atoms with Gasteiger partial charge in [0.1, 0.15) is 17.2 Å². The van der Waals surface area contributed by atoms with Gasteiger partial charge in [-0.1, -0.05) is 6.07 Å². The Kier molecular flexibility index (Phi) is 3.71. The molecular formula is C13H13F2NO4. The second-order valence-electron chi connectivity index (χ2n) is 4.73. The van der Waals surface area contributed by atoms with Crippen molar-refractivity contribution in [3.8, 4) is 0 Å². The molecule has 1 aromatic rings. The van der Waals surface area contributed by atoms with Crippen molar-refractivity contribution in [2.75, 3.05) is 13.1 Å². The molecule has 0 aliphatic carbocycles. The number of rotatable bonds is 2. The lowest BCUT2D eigenvalue weighted by atomic mass is 9.91. The summed E-state index contributed by atoms with van der Waals surface area (Å²) in [4.78, 5) is 24.0. The highest BCUT2D eigenvalue weighted by atomic mass is 19.1. The van der Waals surface area contributed by atoms with Gasteiger partial charge in [0.2, 0.25) is 0 Å². The van der Waals surface area contributed by atoms with Gasteiger partial charge in [-0.15, -0.1) is 0 Å². The Balaban J connectivity index is 2.15. The molecule has 1 heterocycles. The molecule has 2 rings (SSSR count). The Morgan fingerprint density at radius 1 is 1.15 bits per heavy atom. The topological polar surface area (TPSA) is 77.8 Å². The predicted octanol–water partition coefficient (Wildman–Crippen LogP) is 1.02. The number of nitrogens with zero attached hydrogens (tertiary/aromatic N) is 1. The Morgan fingerprint density at radius 3 is 2.10 bits per heavy atom. The van der Waals surface area contributed by atoms with Crippen molar-refractivity contribution < 1.29 is 28.6 Å². The van der Waals surface area contributed by atoms with E-state index in [2.05, 4.69) is 0 Å². The number of halogens is 2. The van der Waals surface area contributed by atoms with Crippen LogP contribution in [0.4, 0.5) is 8.78 Å². The summed E-state index contributed by atoms with van der Waals surface area (Å²) < 4.78 is 27.0. The zero-order valence-corrected chi connectivity index (χ0v) is 10.5. The number of carbonyl (C=O) groups excluding carboxylic acids is 1. The zero-order valence-electron chi connectivity index (χ0n) is 10.5. The van der Waals surface area contributed by atoms with Gasteiger partial charge in [0.25, 0.3) is 5.91 Å². The van der Waals surface area contributed by atoms with Crippen molar-refractivity contribution in [1.82, 2.24) is 4.90 Å². The molecule has 0 spiro atoms. The summed E-state index contributed by atoms with van der Waals surface area (Å²) >= 11 is 0. The third kappa shape index (κ3) is 2.49. The molecule has 1 amide bonds. The number of aliphatic hydroxyl groups is 1. The van der Waals surface area contributed by atoms with Gasteiger partial charge in [-0.2, -0.15) is 0 Å². The van der Waals surface area contributed by atoms with Crippen molar-refractivity contribution in [2.24, 2.45) is 0 Å². The molecule has 1 saturated heterocycles. The van der Waals surface area contributed by atoms with Gasteiger partial charge in [-0.05, 0) is 12.1 Å². The highest BCUT2D eigenvalue weighted by Crippen LogP contribution is 2.24. The maximum absolute atomic E-state index is 13.5. The smallest absolute Gasteiger partial charge is 0.335 e. The fraction of sp³-hybridized carbons (Fsp3) is 0.385. The number of piperidine rings is 1. The Bertz CT molecular complexity index is 533. The summed E-state index contributed by atoms with van der Waals surface area (Å²) in [7, 11) is 0. The van der Waals surface area contributed by atoms with Crippen LogP contribution in [0.15, 0.2) is 18.2 Å². The fourth-order valence-electron chi connectivity index (χ4n) is 2.15. The molecule has 2 N–H and O–H groups in total. The third-order valence-corrected chi connectivity index (χ3v) is 3.45. The number of carboxylic acids is 1. The van der Waals surface area contributed by atoms with Gasteiger partial charge >= 0.3 is 5.97 Å². The normalized spacial score (nSPS) is 17.9. The highest BCUT2D eigenvalue weighted by molar-refractivity contribution is 5.95. The summed E-state index contributed by atoms with van der Waals surface area (Å²) in [5.74, 6) is -4.13. The van der Waals surface area contributed by atoms with Crippen LogP contribution in [0.1, 0.15) is 23.2 Å². The molecule has 108 valence electrons. The van der Waals surface area contributed by atoms with Crippen molar-refractivity contribution >= 4 is 11.9 Å². The van der Waals surface area contributed by atoms with E-state index in [1.165, 1.54) is 0 Å². The minimum atomic E-state index is -1.88. The van der Waals surface area contributed by atoms with Crippen LogP contribution in [-0.4, -0.2) is 45.7 Å². The molecule has 1 aliphatic heterocycles. The monoisotopic (exact) mass is 285 g/mol. The van der Waals surface area contributed by atoms with Crippen molar-refractivity contribution in [3.05, 3.63) is 35.4 Å². The number of carbonyl (C=O) groups is 2. The molecule has 1 aromatic carbocycles. The Labute approximate surface area is 113 Å². The number of hydrogen-bond donors (Lipinski definition) is 2. The first-order valence-electron chi connectivity index (χ1n) is 6.04. The Hall–Kier alpha value is -2.02. The van der Waals surface area contributed by atoms with E-state index < -0.39 is 34.7 Å². The minimum Gasteiger partial charge on any atom is -0.479 e. The maximum atomic E-state index is 13.5. The van der Waals surface area contributed by atoms with Crippen LogP contribution >= 0.6 is 0 Å². The van der Waals surface area contributed by atoms with E-state index in [4.69, 9.17) is 5.11 Å². The first kappa shape index (κ1) is 14.4. The highest BCUT2D eigenvalue weighted by Gasteiger charge is 2.41. The van der Waals surface area contributed by atoms with Crippen molar-refractivity contribution in [2.45, 2.75) is 18.4 Å². The van der Waals surface area contributed by atoms with E-state index in [-0.39, 0.29) is 25.9 Å². The number of amides is 1. The van der Waals surface area contributed by atoms with Crippen LogP contribution in [0.5, 0.6) is 0 Å². The summed E-state index contributed by atoms with van der Waals surface area (Å²) in [6, 6.07) is 3.11. The molecule has 0 atom stereocenters. The first-order chi connectivity index (χ1) is 9.35. The molecule has 0 unspecified atom stereocenters. The fourth-order valence-corrected chi connectivity index (χ4v) is 2.15. The quantitative estimate of drug-likeness (QED) is 0.850. The van der Waals surface area contributed by atoms with Gasteiger partial charge in [0, 0.05) is 25.9 Å². The van der Waals surface area contributed by atoms with Crippen LogP contribution in [0, 0.1) is 11.6 Å². The number of carboxylic acid groups (broad SMARTS) is 1. The standard InChI is InChI=1S/C13H13F2NO4/c14-8-2-1-3-9(15)10(8)11(17)16-6-4-13(20,5-7-16)12(18)19/h1-3,20H,4-7H2,(H,18,19). The second kappa shape index (κ2) is 5.16. The lowest BCUT2D eigenvalue weighted by Crippen LogP contribution is -2.51. The van der Waals surface area contributed by atoms with Gasteiger partial charge in [-0.25, -0.2) is 13.6 Å². The maximum Gasteiger partial charge on any atom is 0.335 e. The predicted molar refractivity (Wildman–Crippen MR) is 64.1 cm³/mol. The average molecular weight is 285 g/mol. The van der Waals surface area contributed by atoms with Crippen molar-refractivity contribution in [1.29, 1.82) is 0 Å². The number of aliphatic carboxylic acids is 1. The first-order valence-corrected chi connectivity index (χ1v) is 6.04. The van der Waals surface area contributed by atoms with E-state index in [1.54, 1.807) is 0 Å². The van der Waals surface area contributed by atoms with Gasteiger partial charge in [-0.3, -0.25) is 4.79 Å². The largest absolute Gasteiger partial charge is 0.479 e. The molecule has 1 aliphatic rings. The van der Waals surface area contributed by atoms with E-state index in [9.17, 15) is 23.5 Å². The van der Waals surface area contributed by atoms with Crippen LogP contribution in [-0.2, 0) is 4.79 Å². The molecule has 1 fully saturated rings. The molecule has 0 radical (unpaired) electrons. The van der Waals surface area contributed by atoms with Crippen LogP contribution < -0.4 is 0 Å². The summed E-state index contributed by atoms with van der Waals surface area (Å²) in [5, 5.41) is 18.6. The second-order valence-corrected chi connectivity index (χ2v) is 4.73. The molecule has 20 heavy (non-hydrogen) atoms. The van der Waals surface area contributed by atoms with Gasteiger partial charge < -0.3 is 15.1 Å². The third-order valence-electron chi connectivity index (χ3n) is 3.45. The summed E-state index contributed by atoms with van der Waals surface area (Å²) in [6.07, 6.45) is -0.353. The number of benzene rings is 1. The summed E-state index contributed by atoms with van der Waals surface area (Å²) in [5.41, 5.74) is -2.54. The molecule has 0 aromatic heterocycles. The average Bonchev–Trinajstić information content (AvgIpc) is 2.39. The van der Waals surface area contributed by atoms with E-state index in [1.807, 2.05) is 0 Å². The van der Waals surface area contributed by atoms with Crippen LogP contribution in [0.25, 0.3) is 0 Å². The van der Waals surface area contributed by atoms with Crippen molar-refractivity contribution in [3.63, 3.8) is 0 Å². The molecule has 7 heteroatoms. The number of likely N-dealkylation sites (tertiary alicyclic amines) is 1. The lowest BCUT2D eigenvalue weighted by molar-refractivity contribution is -0.162. The lowest BCUT2D eigenvalue weighted by Gasteiger charge is -2.35. The molecule has 5 nitrogen and oxygen atoms in total. The zero-order chi connectivity index (χ0) is 14.9. The summed E-state index contributed by atoms with van der Waals surface area (Å²) in [6.45, 7) is -0.148. The van der Waals surface area contributed by atoms with E-state index >= 15 is 0 Å². The van der Waals surface area contributed by atoms with E-state index in [0.29, 0.717) is 0 Å². The molecular weight excluding hydrogens is 272 g/mol. The Morgan fingerprint density at radius 2 is 1.65 bits per heavy atom. The van der Waals surface area contributed by atoms with Crippen LogP contribution in [0.2, 0.25) is 0 Å². The van der Waals surface area contributed by atoms with Crippen LogP contribution in [0.3, 0.4) is 0 Å². The SMILES string of the molecule is O=C(c1c(F)cccc1F)N1CCC(O)(C(=O)O)CC1.